The topological polar surface area (TPSA) is 85.3 Å². The second-order valence-corrected chi connectivity index (χ2v) is 6.32. The number of nitrogens with zero attached hydrogens (tertiary/aromatic N) is 1. The third-order valence-electron chi connectivity index (χ3n) is 4.28. The zero-order valence-corrected chi connectivity index (χ0v) is 15.3. The van der Waals surface area contributed by atoms with Crippen molar-refractivity contribution in [2.75, 3.05) is 40.5 Å². The first-order valence-corrected chi connectivity index (χ1v) is 8.28. The van der Waals surface area contributed by atoms with E-state index in [0.717, 1.165) is 0 Å². The Morgan fingerprint density at radius 1 is 1.36 bits per heavy atom. The molecule has 1 saturated heterocycles. The molecule has 8 heteroatoms. The lowest BCUT2D eigenvalue weighted by molar-refractivity contribution is -0.151. The molecule has 0 aliphatic carbocycles. The highest BCUT2D eigenvalue weighted by molar-refractivity contribution is 6.32. The maximum absolute atomic E-state index is 12.8. The highest BCUT2D eigenvalue weighted by Crippen LogP contribution is 2.38. The van der Waals surface area contributed by atoms with Gasteiger partial charge in [-0.1, -0.05) is 11.6 Å². The highest BCUT2D eigenvalue weighted by atomic mass is 35.5. The normalized spacial score (nSPS) is 19.8. The summed E-state index contributed by atoms with van der Waals surface area (Å²) < 4.78 is 15.7. The van der Waals surface area contributed by atoms with Crippen LogP contribution >= 0.6 is 11.6 Å². The molecule has 1 amide bonds. The summed E-state index contributed by atoms with van der Waals surface area (Å²) in [5.74, 6) is -0.531. The summed E-state index contributed by atoms with van der Waals surface area (Å²) in [6.07, 6.45) is 0.337. The van der Waals surface area contributed by atoms with E-state index in [9.17, 15) is 14.7 Å². The maximum Gasteiger partial charge on any atom is 0.313 e. The summed E-state index contributed by atoms with van der Waals surface area (Å²) in [6, 6.07) is 3.06. The van der Waals surface area contributed by atoms with Crippen molar-refractivity contribution in [2.24, 2.45) is 5.41 Å². The van der Waals surface area contributed by atoms with Gasteiger partial charge in [0.25, 0.3) is 5.91 Å². The van der Waals surface area contributed by atoms with E-state index in [1.807, 2.05) is 6.92 Å². The van der Waals surface area contributed by atoms with Crippen LogP contribution in [0.5, 0.6) is 11.5 Å². The van der Waals surface area contributed by atoms with Crippen LogP contribution in [0.1, 0.15) is 23.7 Å². The molecule has 1 aliphatic heterocycles. The van der Waals surface area contributed by atoms with Crippen LogP contribution in [0.15, 0.2) is 12.1 Å². The fourth-order valence-electron chi connectivity index (χ4n) is 2.99. The third-order valence-corrected chi connectivity index (χ3v) is 4.56. The van der Waals surface area contributed by atoms with Crippen molar-refractivity contribution >= 4 is 23.5 Å². The summed E-state index contributed by atoms with van der Waals surface area (Å²) >= 11 is 6.21. The number of likely N-dealkylation sites (tertiary alicyclic amines) is 1. The number of ether oxygens (including phenoxy) is 3. The van der Waals surface area contributed by atoms with E-state index in [1.54, 1.807) is 6.07 Å². The molecular weight excluding hydrogens is 350 g/mol. The van der Waals surface area contributed by atoms with E-state index in [1.165, 1.54) is 25.2 Å². The van der Waals surface area contributed by atoms with Crippen LogP contribution in [0, 0.1) is 5.41 Å². The van der Waals surface area contributed by atoms with Crippen molar-refractivity contribution in [3.8, 4) is 11.5 Å². The molecule has 1 fully saturated rings. The van der Waals surface area contributed by atoms with Crippen molar-refractivity contribution < 1.29 is 28.9 Å². The average molecular weight is 372 g/mol. The molecule has 0 saturated carbocycles. The van der Waals surface area contributed by atoms with Gasteiger partial charge in [-0.05, 0) is 25.5 Å². The SMILES string of the molecule is CCOc1c(Cl)cc(C(=O)N2CCC(COC)(C(=O)O)C2)cc1OC. The van der Waals surface area contributed by atoms with Crippen LogP contribution in [-0.4, -0.2) is 62.4 Å². The van der Waals surface area contributed by atoms with Crippen LogP contribution in [0.2, 0.25) is 5.02 Å². The van der Waals surface area contributed by atoms with Crippen LogP contribution in [0.3, 0.4) is 0 Å². The molecule has 1 aliphatic rings. The van der Waals surface area contributed by atoms with E-state index >= 15 is 0 Å². The van der Waals surface area contributed by atoms with Gasteiger partial charge >= 0.3 is 5.97 Å². The number of benzene rings is 1. The summed E-state index contributed by atoms with van der Waals surface area (Å²) in [5.41, 5.74) is -0.757. The molecule has 1 atom stereocenters. The second kappa shape index (κ2) is 7.93. The molecule has 1 aromatic carbocycles. The van der Waals surface area contributed by atoms with Crippen LogP contribution < -0.4 is 9.47 Å². The van der Waals surface area contributed by atoms with Gasteiger partial charge in [0.05, 0.1) is 25.3 Å². The van der Waals surface area contributed by atoms with Crippen molar-refractivity contribution in [1.29, 1.82) is 0 Å². The third kappa shape index (κ3) is 3.82. The average Bonchev–Trinajstić information content (AvgIpc) is 3.02. The standard InChI is InChI=1S/C17H22ClNO6/c1-4-25-14-12(18)7-11(8-13(14)24-3)15(20)19-6-5-17(9-19,10-23-2)16(21)22/h7-8H,4-6,9-10H2,1-3H3,(H,21,22). The van der Waals surface area contributed by atoms with E-state index < -0.39 is 11.4 Å². The molecule has 1 heterocycles. The maximum atomic E-state index is 12.8. The Hall–Kier alpha value is -1.99. The summed E-state index contributed by atoms with van der Waals surface area (Å²) in [4.78, 5) is 25.9. The fourth-order valence-corrected chi connectivity index (χ4v) is 3.25. The molecule has 0 radical (unpaired) electrons. The van der Waals surface area contributed by atoms with Gasteiger partial charge in [-0.3, -0.25) is 9.59 Å². The first-order chi connectivity index (χ1) is 11.9. The van der Waals surface area contributed by atoms with E-state index in [2.05, 4.69) is 0 Å². The lowest BCUT2D eigenvalue weighted by Crippen LogP contribution is -2.40. The Kier molecular flexibility index (Phi) is 6.13. The van der Waals surface area contributed by atoms with Crippen LogP contribution in [0.25, 0.3) is 0 Å². The monoisotopic (exact) mass is 371 g/mol. The van der Waals surface area contributed by atoms with Crippen LogP contribution in [0.4, 0.5) is 0 Å². The van der Waals surface area contributed by atoms with E-state index in [0.29, 0.717) is 36.6 Å². The van der Waals surface area contributed by atoms with Gasteiger partial charge in [-0.15, -0.1) is 0 Å². The van der Waals surface area contributed by atoms with Gasteiger partial charge in [0.15, 0.2) is 11.5 Å². The van der Waals surface area contributed by atoms with Crippen molar-refractivity contribution in [1.82, 2.24) is 4.90 Å². The second-order valence-electron chi connectivity index (χ2n) is 5.92. The molecule has 25 heavy (non-hydrogen) atoms. The van der Waals surface area contributed by atoms with Gasteiger partial charge in [0, 0.05) is 25.8 Å². The van der Waals surface area contributed by atoms with Gasteiger partial charge in [-0.25, -0.2) is 0 Å². The number of hydrogen-bond donors (Lipinski definition) is 1. The number of aliphatic carboxylic acids is 1. The lowest BCUT2D eigenvalue weighted by Gasteiger charge is -2.24. The molecule has 7 nitrogen and oxygen atoms in total. The zero-order chi connectivity index (χ0) is 18.6. The predicted molar refractivity (Wildman–Crippen MR) is 91.6 cm³/mol. The highest BCUT2D eigenvalue weighted by Gasteiger charge is 2.46. The molecule has 0 aromatic heterocycles. The van der Waals surface area contributed by atoms with Crippen molar-refractivity contribution in [2.45, 2.75) is 13.3 Å². The molecule has 0 bridgehead atoms. The number of carbonyl (C=O) groups is 2. The quantitative estimate of drug-likeness (QED) is 0.791. The number of rotatable bonds is 7. The number of carboxylic acids is 1. The first kappa shape index (κ1) is 19.3. The predicted octanol–water partition coefficient (Wildman–Crippen LogP) is 2.31. The Bertz CT molecular complexity index is 665. The largest absolute Gasteiger partial charge is 0.493 e. The molecular formula is C17H22ClNO6. The Balaban J connectivity index is 2.27. The number of halogens is 1. The van der Waals surface area contributed by atoms with Gasteiger partial charge in [-0.2, -0.15) is 0 Å². The fraction of sp³-hybridized carbons (Fsp3) is 0.529. The number of carboxylic acid groups (broad SMARTS) is 1. The van der Waals surface area contributed by atoms with Crippen molar-refractivity contribution in [3.63, 3.8) is 0 Å². The minimum atomic E-state index is -1.08. The number of hydrogen-bond acceptors (Lipinski definition) is 5. The smallest absolute Gasteiger partial charge is 0.313 e. The number of carbonyl (C=O) groups excluding carboxylic acids is 1. The summed E-state index contributed by atoms with van der Waals surface area (Å²) in [5, 5.41) is 9.78. The summed E-state index contributed by atoms with van der Waals surface area (Å²) in [7, 11) is 2.92. The van der Waals surface area contributed by atoms with Gasteiger partial charge in [0.2, 0.25) is 0 Å². The van der Waals surface area contributed by atoms with Gasteiger partial charge in [0.1, 0.15) is 5.41 Å². The first-order valence-electron chi connectivity index (χ1n) is 7.90. The van der Waals surface area contributed by atoms with E-state index in [4.69, 9.17) is 25.8 Å². The number of amides is 1. The molecule has 1 aromatic rings. The Morgan fingerprint density at radius 3 is 2.64 bits per heavy atom. The minimum absolute atomic E-state index is 0.0550. The Morgan fingerprint density at radius 2 is 2.08 bits per heavy atom. The zero-order valence-electron chi connectivity index (χ0n) is 14.5. The molecule has 1 unspecified atom stereocenters. The molecule has 138 valence electrons. The molecule has 2 rings (SSSR count). The van der Waals surface area contributed by atoms with E-state index in [-0.39, 0.29) is 24.1 Å². The molecule has 1 N–H and O–H groups in total. The lowest BCUT2D eigenvalue weighted by atomic mass is 9.88. The van der Waals surface area contributed by atoms with Crippen LogP contribution in [-0.2, 0) is 9.53 Å². The number of methoxy groups -OCH3 is 2. The Labute approximate surface area is 151 Å². The summed E-state index contributed by atoms with van der Waals surface area (Å²) in [6.45, 7) is 2.71. The van der Waals surface area contributed by atoms with Gasteiger partial charge < -0.3 is 24.2 Å². The van der Waals surface area contributed by atoms with Crippen molar-refractivity contribution in [3.05, 3.63) is 22.7 Å². The minimum Gasteiger partial charge on any atom is -0.493 e. The molecule has 0 spiro atoms.